The van der Waals surface area contributed by atoms with Gasteiger partial charge in [0.15, 0.2) is 0 Å². The first-order valence-electron chi connectivity index (χ1n) is 6.45. The van der Waals surface area contributed by atoms with Crippen molar-refractivity contribution in [3.63, 3.8) is 0 Å². The van der Waals surface area contributed by atoms with E-state index < -0.39 is 22.0 Å². The van der Waals surface area contributed by atoms with E-state index in [1.165, 1.54) is 19.1 Å². The molecule has 0 fully saturated rings. The molecule has 0 saturated carbocycles. The summed E-state index contributed by atoms with van der Waals surface area (Å²) >= 11 is 0. The normalized spacial score (nSPS) is 13.7. The van der Waals surface area contributed by atoms with Crippen molar-refractivity contribution >= 4 is 26.9 Å². The van der Waals surface area contributed by atoms with Gasteiger partial charge < -0.3 is 5.11 Å². The number of benzene rings is 1. The summed E-state index contributed by atoms with van der Waals surface area (Å²) in [5.41, 5.74) is 0.829. The minimum absolute atomic E-state index is 0.0198. The van der Waals surface area contributed by atoms with Crippen molar-refractivity contribution in [1.82, 2.24) is 14.5 Å². The van der Waals surface area contributed by atoms with Gasteiger partial charge >= 0.3 is 5.97 Å². The van der Waals surface area contributed by atoms with E-state index in [-0.39, 0.29) is 10.9 Å². The molecule has 1 atom stereocenters. The van der Waals surface area contributed by atoms with E-state index in [0.29, 0.717) is 5.39 Å². The molecular weight excluding hydrogens is 294 g/mol. The van der Waals surface area contributed by atoms with Gasteiger partial charge in [-0.05, 0) is 39.0 Å². The number of hydrogen-bond acceptors (Lipinski definition) is 4. The Morgan fingerprint density at radius 2 is 2.00 bits per heavy atom. The van der Waals surface area contributed by atoms with Gasteiger partial charge in [-0.1, -0.05) is 0 Å². The molecule has 0 bridgehead atoms. The Bertz CT molecular complexity index is 780. The number of rotatable bonds is 5. The van der Waals surface area contributed by atoms with Crippen LogP contribution in [0.4, 0.5) is 0 Å². The molecule has 1 unspecified atom stereocenters. The zero-order valence-corrected chi connectivity index (χ0v) is 12.8. The van der Waals surface area contributed by atoms with Gasteiger partial charge in [0.25, 0.3) is 0 Å². The SMILES string of the molecule is CC(NS(=O)(=O)c1ccc2c(cnn2C(C)C)c1)C(=O)O. The second-order valence-electron chi connectivity index (χ2n) is 5.08. The topological polar surface area (TPSA) is 101 Å². The number of hydrogen-bond donors (Lipinski definition) is 2. The molecule has 0 aliphatic heterocycles. The fraction of sp³-hybridized carbons (Fsp3) is 0.385. The lowest BCUT2D eigenvalue weighted by molar-refractivity contribution is -0.138. The Morgan fingerprint density at radius 3 is 2.57 bits per heavy atom. The minimum Gasteiger partial charge on any atom is -0.480 e. The van der Waals surface area contributed by atoms with E-state index >= 15 is 0 Å². The van der Waals surface area contributed by atoms with Crippen molar-refractivity contribution in [3.8, 4) is 0 Å². The van der Waals surface area contributed by atoms with E-state index in [4.69, 9.17) is 5.11 Å². The first-order valence-corrected chi connectivity index (χ1v) is 7.93. The fourth-order valence-electron chi connectivity index (χ4n) is 1.96. The Kier molecular flexibility index (Phi) is 4.02. The maximum Gasteiger partial charge on any atom is 0.321 e. The molecule has 114 valence electrons. The molecule has 2 aromatic rings. The molecule has 0 aliphatic rings. The lowest BCUT2D eigenvalue weighted by atomic mass is 10.2. The van der Waals surface area contributed by atoms with E-state index in [0.717, 1.165) is 5.52 Å². The minimum atomic E-state index is -3.87. The van der Waals surface area contributed by atoms with Crippen LogP contribution in [-0.2, 0) is 14.8 Å². The number of carboxylic acids is 1. The predicted octanol–water partition coefficient (Wildman–Crippen LogP) is 1.37. The quantitative estimate of drug-likeness (QED) is 0.868. The highest BCUT2D eigenvalue weighted by atomic mass is 32.2. The van der Waals surface area contributed by atoms with Gasteiger partial charge in [0.1, 0.15) is 6.04 Å². The largest absolute Gasteiger partial charge is 0.480 e. The summed E-state index contributed by atoms with van der Waals surface area (Å²) in [7, 11) is -3.87. The average Bonchev–Trinajstić information content (AvgIpc) is 2.80. The molecule has 0 saturated heterocycles. The fourth-order valence-corrected chi connectivity index (χ4v) is 3.19. The summed E-state index contributed by atoms with van der Waals surface area (Å²) in [5, 5.41) is 13.7. The summed E-state index contributed by atoms with van der Waals surface area (Å²) in [6.45, 7) is 5.23. The number of nitrogens with zero attached hydrogens (tertiary/aromatic N) is 2. The first kappa shape index (κ1) is 15.5. The van der Waals surface area contributed by atoms with Crippen LogP contribution in [0.1, 0.15) is 26.8 Å². The van der Waals surface area contributed by atoms with Gasteiger partial charge in [0, 0.05) is 11.4 Å². The van der Waals surface area contributed by atoms with E-state index in [1.54, 1.807) is 16.9 Å². The molecule has 0 amide bonds. The Balaban J connectivity index is 2.41. The Labute approximate surface area is 122 Å². The molecular formula is C13H17N3O4S. The molecule has 21 heavy (non-hydrogen) atoms. The van der Waals surface area contributed by atoms with E-state index in [2.05, 4.69) is 9.82 Å². The first-order chi connectivity index (χ1) is 9.72. The van der Waals surface area contributed by atoms with Crippen LogP contribution in [0.25, 0.3) is 10.9 Å². The van der Waals surface area contributed by atoms with Gasteiger partial charge in [0.2, 0.25) is 10.0 Å². The summed E-state index contributed by atoms with van der Waals surface area (Å²) in [4.78, 5) is 10.8. The van der Waals surface area contributed by atoms with Gasteiger partial charge in [0.05, 0.1) is 16.6 Å². The molecule has 2 N–H and O–H groups in total. The summed E-state index contributed by atoms with van der Waals surface area (Å²) in [5.74, 6) is -1.23. The highest BCUT2D eigenvalue weighted by Gasteiger charge is 2.22. The van der Waals surface area contributed by atoms with Crippen molar-refractivity contribution in [1.29, 1.82) is 0 Å². The number of fused-ring (bicyclic) bond motifs is 1. The average molecular weight is 311 g/mol. The van der Waals surface area contributed by atoms with Gasteiger partial charge in [-0.3, -0.25) is 9.48 Å². The summed E-state index contributed by atoms with van der Waals surface area (Å²) in [6, 6.07) is 3.57. The van der Waals surface area contributed by atoms with Crippen molar-refractivity contribution in [3.05, 3.63) is 24.4 Å². The second-order valence-corrected chi connectivity index (χ2v) is 6.80. The zero-order valence-electron chi connectivity index (χ0n) is 11.9. The third-order valence-corrected chi connectivity index (χ3v) is 4.61. The third kappa shape index (κ3) is 3.06. The van der Waals surface area contributed by atoms with Crippen LogP contribution in [0.15, 0.2) is 29.3 Å². The Morgan fingerprint density at radius 1 is 1.33 bits per heavy atom. The molecule has 0 radical (unpaired) electrons. The van der Waals surface area contributed by atoms with Crippen LogP contribution >= 0.6 is 0 Å². The van der Waals surface area contributed by atoms with E-state index in [9.17, 15) is 13.2 Å². The number of sulfonamides is 1. The maximum absolute atomic E-state index is 12.1. The molecule has 0 aliphatic carbocycles. The van der Waals surface area contributed by atoms with Gasteiger partial charge in [-0.2, -0.15) is 9.82 Å². The van der Waals surface area contributed by atoms with Crippen molar-refractivity contribution in [2.45, 2.75) is 37.8 Å². The maximum atomic E-state index is 12.1. The predicted molar refractivity (Wildman–Crippen MR) is 77.5 cm³/mol. The molecule has 1 heterocycles. The van der Waals surface area contributed by atoms with E-state index in [1.807, 2.05) is 13.8 Å². The van der Waals surface area contributed by atoms with Crippen LogP contribution < -0.4 is 4.72 Å². The van der Waals surface area contributed by atoms with Crippen molar-refractivity contribution < 1.29 is 18.3 Å². The molecule has 1 aromatic heterocycles. The van der Waals surface area contributed by atoms with Crippen LogP contribution in [-0.4, -0.2) is 35.3 Å². The Hall–Kier alpha value is -1.93. The number of nitrogens with one attached hydrogen (secondary N) is 1. The van der Waals surface area contributed by atoms with Crippen molar-refractivity contribution in [2.75, 3.05) is 0 Å². The smallest absolute Gasteiger partial charge is 0.321 e. The van der Waals surface area contributed by atoms with Crippen molar-refractivity contribution in [2.24, 2.45) is 0 Å². The molecule has 8 heteroatoms. The van der Waals surface area contributed by atoms with Gasteiger partial charge in [-0.15, -0.1) is 0 Å². The van der Waals surface area contributed by atoms with Crippen LogP contribution in [0.3, 0.4) is 0 Å². The highest BCUT2D eigenvalue weighted by molar-refractivity contribution is 7.89. The van der Waals surface area contributed by atoms with Crippen LogP contribution in [0.2, 0.25) is 0 Å². The highest BCUT2D eigenvalue weighted by Crippen LogP contribution is 2.21. The molecule has 2 rings (SSSR count). The van der Waals surface area contributed by atoms with Crippen LogP contribution in [0.5, 0.6) is 0 Å². The second kappa shape index (κ2) is 5.45. The summed E-state index contributed by atoms with van der Waals surface area (Å²) in [6.07, 6.45) is 1.59. The molecule has 1 aromatic carbocycles. The summed E-state index contributed by atoms with van der Waals surface area (Å²) < 4.78 is 28.2. The van der Waals surface area contributed by atoms with Crippen LogP contribution in [0, 0.1) is 0 Å². The number of aromatic nitrogens is 2. The molecule has 7 nitrogen and oxygen atoms in total. The number of carbonyl (C=O) groups is 1. The lowest BCUT2D eigenvalue weighted by Gasteiger charge is -2.11. The number of carboxylic acid groups (broad SMARTS) is 1. The standard InChI is InChI=1S/C13H17N3O4S/c1-8(2)16-12-5-4-11(6-10(12)7-14-16)21(19,20)15-9(3)13(17)18/h4-9,15H,1-3H3,(H,17,18). The monoisotopic (exact) mass is 311 g/mol. The zero-order chi connectivity index (χ0) is 15.8. The van der Waals surface area contributed by atoms with Gasteiger partial charge in [-0.25, -0.2) is 8.42 Å². The molecule has 0 spiro atoms. The lowest BCUT2D eigenvalue weighted by Crippen LogP contribution is -2.38. The number of aliphatic carboxylic acids is 1. The third-order valence-electron chi connectivity index (χ3n) is 3.07.